The second-order valence-corrected chi connectivity index (χ2v) is 7.35. The number of nitrogens with one attached hydrogen (secondary N) is 2. The molecule has 0 saturated carbocycles. The van der Waals surface area contributed by atoms with Crippen molar-refractivity contribution in [2.24, 2.45) is 0 Å². The number of urea groups is 1. The Kier molecular flexibility index (Phi) is 4.82. The molecule has 3 rings (SSSR count). The Bertz CT molecular complexity index is 688. The molecule has 3 amide bonds. The van der Waals surface area contributed by atoms with Gasteiger partial charge in [0.1, 0.15) is 5.76 Å². The number of rotatable bonds is 6. The molecule has 10 heteroatoms. The summed E-state index contributed by atoms with van der Waals surface area (Å²) in [7, 11) is 0. The van der Waals surface area contributed by atoms with Crippen molar-refractivity contribution in [3.05, 3.63) is 24.2 Å². The number of thioether (sulfide) groups is 1. The van der Waals surface area contributed by atoms with Crippen molar-refractivity contribution >= 4 is 40.2 Å². The molecule has 23 heavy (non-hydrogen) atoms. The Morgan fingerprint density at radius 2 is 2.48 bits per heavy atom. The Hall–Kier alpha value is -2.07. The van der Waals surface area contributed by atoms with Crippen LogP contribution in [0.15, 0.2) is 27.2 Å². The Balaban J connectivity index is 1.53. The van der Waals surface area contributed by atoms with Gasteiger partial charge in [-0.1, -0.05) is 23.1 Å². The molecule has 2 aromatic rings. The monoisotopic (exact) mass is 353 g/mol. The molecule has 1 fully saturated rings. The molecular formula is C13H15N5O3S2. The lowest BCUT2D eigenvalue weighted by molar-refractivity contribution is -0.126. The molecule has 122 valence electrons. The predicted molar refractivity (Wildman–Crippen MR) is 86.4 cm³/mol. The lowest BCUT2D eigenvalue weighted by Crippen LogP contribution is -2.38. The van der Waals surface area contributed by atoms with Crippen molar-refractivity contribution in [1.82, 2.24) is 20.4 Å². The van der Waals surface area contributed by atoms with Gasteiger partial charge in [-0.2, -0.15) is 0 Å². The summed E-state index contributed by atoms with van der Waals surface area (Å²) in [5, 5.41) is 14.1. The first kappa shape index (κ1) is 15.8. The molecule has 2 N–H and O–H groups in total. The van der Waals surface area contributed by atoms with E-state index < -0.39 is 5.25 Å². The SMILES string of the molecule is C[C@H](Sc1nnc(NCc2ccco2)s1)C(=O)N1CCNC1=O. The maximum Gasteiger partial charge on any atom is 0.324 e. The largest absolute Gasteiger partial charge is 0.467 e. The van der Waals surface area contributed by atoms with Crippen LogP contribution in [-0.4, -0.2) is 45.4 Å². The van der Waals surface area contributed by atoms with Gasteiger partial charge in [0, 0.05) is 13.1 Å². The minimum absolute atomic E-state index is 0.217. The van der Waals surface area contributed by atoms with Gasteiger partial charge in [0.05, 0.1) is 18.1 Å². The van der Waals surface area contributed by atoms with E-state index in [0.717, 1.165) is 5.76 Å². The molecule has 8 nitrogen and oxygen atoms in total. The summed E-state index contributed by atoms with van der Waals surface area (Å²) in [6.45, 7) is 3.20. The Morgan fingerprint density at radius 3 is 3.17 bits per heavy atom. The highest BCUT2D eigenvalue weighted by Gasteiger charge is 2.30. The van der Waals surface area contributed by atoms with Crippen molar-refractivity contribution in [3.63, 3.8) is 0 Å². The summed E-state index contributed by atoms with van der Waals surface area (Å²) in [4.78, 5) is 25.0. The molecule has 1 aliphatic heterocycles. The normalized spacial score (nSPS) is 15.5. The fraction of sp³-hybridized carbons (Fsp3) is 0.385. The second kappa shape index (κ2) is 7.01. The van der Waals surface area contributed by atoms with Crippen LogP contribution >= 0.6 is 23.1 Å². The van der Waals surface area contributed by atoms with Crippen LogP contribution in [0.25, 0.3) is 0 Å². The number of anilines is 1. The average Bonchev–Trinajstić information content (AvgIpc) is 3.26. The maximum absolute atomic E-state index is 12.2. The van der Waals surface area contributed by atoms with Crippen molar-refractivity contribution in [3.8, 4) is 0 Å². The van der Waals surface area contributed by atoms with Gasteiger partial charge < -0.3 is 15.1 Å². The summed E-state index contributed by atoms with van der Waals surface area (Å²) in [6.07, 6.45) is 1.61. The molecule has 0 unspecified atom stereocenters. The highest BCUT2D eigenvalue weighted by atomic mass is 32.2. The first-order valence-electron chi connectivity index (χ1n) is 6.99. The molecule has 1 saturated heterocycles. The Morgan fingerprint density at radius 1 is 1.61 bits per heavy atom. The van der Waals surface area contributed by atoms with Gasteiger partial charge in [-0.25, -0.2) is 4.79 Å². The minimum atomic E-state index is -0.398. The first-order chi connectivity index (χ1) is 11.1. The van der Waals surface area contributed by atoms with Crippen LogP contribution in [0.4, 0.5) is 9.93 Å². The van der Waals surface area contributed by atoms with Gasteiger partial charge >= 0.3 is 6.03 Å². The zero-order valence-corrected chi connectivity index (χ0v) is 13.9. The van der Waals surface area contributed by atoms with Crippen molar-refractivity contribution in [2.75, 3.05) is 18.4 Å². The number of carbonyl (C=O) groups is 2. The van der Waals surface area contributed by atoms with Gasteiger partial charge in [0.15, 0.2) is 4.34 Å². The van der Waals surface area contributed by atoms with Crippen LogP contribution in [0.1, 0.15) is 12.7 Å². The van der Waals surface area contributed by atoms with Gasteiger partial charge in [0.2, 0.25) is 11.0 Å². The molecule has 0 aromatic carbocycles. The summed E-state index contributed by atoms with van der Waals surface area (Å²) >= 11 is 2.66. The van der Waals surface area contributed by atoms with E-state index in [4.69, 9.17) is 4.42 Å². The Labute approximate surface area is 140 Å². The highest BCUT2D eigenvalue weighted by Crippen LogP contribution is 2.30. The molecule has 0 bridgehead atoms. The maximum atomic E-state index is 12.2. The number of imide groups is 1. The van der Waals surface area contributed by atoms with Crippen LogP contribution in [0.2, 0.25) is 0 Å². The van der Waals surface area contributed by atoms with E-state index in [1.165, 1.54) is 28.0 Å². The van der Waals surface area contributed by atoms with E-state index in [0.29, 0.717) is 29.1 Å². The van der Waals surface area contributed by atoms with Gasteiger partial charge in [-0.3, -0.25) is 9.69 Å². The second-order valence-electron chi connectivity index (χ2n) is 4.79. The zero-order valence-electron chi connectivity index (χ0n) is 12.3. The molecule has 1 aliphatic rings. The third-order valence-electron chi connectivity index (χ3n) is 3.15. The molecular weight excluding hydrogens is 338 g/mol. The summed E-state index contributed by atoms with van der Waals surface area (Å²) < 4.78 is 5.90. The first-order valence-corrected chi connectivity index (χ1v) is 8.68. The van der Waals surface area contributed by atoms with E-state index >= 15 is 0 Å². The molecule has 1 atom stereocenters. The number of amides is 3. The van der Waals surface area contributed by atoms with E-state index in [1.807, 2.05) is 12.1 Å². The van der Waals surface area contributed by atoms with E-state index in [9.17, 15) is 9.59 Å². The van der Waals surface area contributed by atoms with Crippen LogP contribution in [0.5, 0.6) is 0 Å². The molecule has 0 aliphatic carbocycles. The van der Waals surface area contributed by atoms with Crippen molar-refractivity contribution in [1.29, 1.82) is 0 Å². The van der Waals surface area contributed by atoms with Crippen LogP contribution in [0, 0.1) is 0 Å². The summed E-state index contributed by atoms with van der Waals surface area (Å²) in [5.74, 6) is 0.586. The van der Waals surface area contributed by atoms with Gasteiger partial charge in [-0.05, 0) is 19.1 Å². The minimum Gasteiger partial charge on any atom is -0.467 e. The fourth-order valence-electron chi connectivity index (χ4n) is 2.01. The summed E-state index contributed by atoms with van der Waals surface area (Å²) in [5.41, 5.74) is 0. The molecule has 2 aromatic heterocycles. The van der Waals surface area contributed by atoms with E-state index in [2.05, 4.69) is 20.8 Å². The van der Waals surface area contributed by atoms with Crippen molar-refractivity contribution in [2.45, 2.75) is 23.1 Å². The lowest BCUT2D eigenvalue weighted by Gasteiger charge is -2.16. The van der Waals surface area contributed by atoms with Crippen molar-refractivity contribution < 1.29 is 14.0 Å². The number of nitrogens with zero attached hydrogens (tertiary/aromatic N) is 3. The third-order valence-corrected chi connectivity index (χ3v) is 5.20. The number of aromatic nitrogens is 2. The van der Waals surface area contributed by atoms with Gasteiger partial charge in [-0.15, -0.1) is 10.2 Å². The fourth-order valence-corrected chi connectivity index (χ4v) is 3.96. The lowest BCUT2D eigenvalue weighted by atomic mass is 10.4. The smallest absolute Gasteiger partial charge is 0.324 e. The highest BCUT2D eigenvalue weighted by molar-refractivity contribution is 8.02. The third kappa shape index (κ3) is 3.82. The van der Waals surface area contributed by atoms with Crippen LogP contribution < -0.4 is 10.6 Å². The van der Waals surface area contributed by atoms with Crippen LogP contribution in [-0.2, 0) is 11.3 Å². The molecule has 0 spiro atoms. The standard InChI is InChI=1S/C13H15N5O3S2/c1-8(10(19)18-5-4-14-12(18)20)22-13-17-16-11(23-13)15-7-9-3-2-6-21-9/h2-3,6,8H,4-5,7H2,1H3,(H,14,20)(H,15,16)/t8-/m0/s1. The quantitative estimate of drug-likeness (QED) is 0.763. The average molecular weight is 353 g/mol. The van der Waals surface area contributed by atoms with Gasteiger partial charge in [0.25, 0.3) is 0 Å². The zero-order chi connectivity index (χ0) is 16.2. The number of carbonyl (C=O) groups excluding carboxylic acids is 2. The molecule has 0 radical (unpaired) electrons. The number of furan rings is 1. The van der Waals surface area contributed by atoms with E-state index in [1.54, 1.807) is 13.2 Å². The topological polar surface area (TPSA) is 100 Å². The summed E-state index contributed by atoms with van der Waals surface area (Å²) in [6, 6.07) is 3.35. The van der Waals surface area contributed by atoms with E-state index in [-0.39, 0.29) is 11.9 Å². The number of hydrogen-bond acceptors (Lipinski definition) is 8. The van der Waals surface area contributed by atoms with Crippen LogP contribution in [0.3, 0.4) is 0 Å². The number of hydrogen-bond donors (Lipinski definition) is 2. The predicted octanol–water partition coefficient (Wildman–Crippen LogP) is 1.78. The molecule has 3 heterocycles.